The molecule has 0 aromatic heterocycles. The normalized spacial score (nSPS) is 28.4. The minimum atomic E-state index is -4.67. The number of halogens is 9. The number of amides is 2. The van der Waals surface area contributed by atoms with Gasteiger partial charge in [0, 0.05) is 95.6 Å². The standard InChI is InChI=1S/C25H36BrFN2O5SSi.C24H35BrF2N2O3SSi.2C13H15F2N3S.2CH4.H2O4S/c1-23(2,3)34-22(31)29(15-33-11-12-36(6,7)8)21-28-24(4,17-13-16(26)9-10-18(17)27)19-14-25(19,35-21)20(30)32-5;1-22(2,3)32-21(30)29(15-31-10-11-34(5,6)7)20-28-23(4,19-13-24(19,14-26)33-20)17-12-16(25)8-9-18(17)27;2*1-12(8-4-7(16)2-3-9(8)15)10-5-13(10,6-14)19-11(17)18-12;;;1-5(2,3)4/h9-10,13,19H,11-12,14-15H2,1-8H3;8-9,12,19H,10-11,13-15H2,1-7H3;2*2-4,10H,5-6,16H2,1H3,(H2,17,18);2*1H4;(H2,1,2,3,4)/t19-,24+,25-;19-,23+,24+;2*10-,12+,13+;;;/m0000.../s1. The van der Waals surface area contributed by atoms with Crippen LogP contribution in [0.1, 0.15) is 132 Å². The maximum atomic E-state index is 15.1. The van der Waals surface area contributed by atoms with E-state index in [4.69, 9.17) is 74.1 Å². The van der Waals surface area contributed by atoms with E-state index in [1.807, 2.05) is 6.92 Å². The van der Waals surface area contributed by atoms with Crippen molar-refractivity contribution in [2.24, 2.45) is 55.1 Å². The molecule has 2 amide bonds. The average molecular weight is 1880 g/mol. The topological polar surface area (TPSA) is 332 Å². The summed E-state index contributed by atoms with van der Waals surface area (Å²) < 4.78 is 158. The van der Waals surface area contributed by atoms with E-state index < -0.39 is 129 Å². The first kappa shape index (κ1) is 98.7. The summed E-state index contributed by atoms with van der Waals surface area (Å²) in [5.74, 6) is -2.58. The molecular formula is C77H111Br2F7N10O12S5Si2. The van der Waals surface area contributed by atoms with Gasteiger partial charge in [-0.3, -0.25) is 33.9 Å². The number of rotatable bonds is 18. The number of ether oxygens (including phenoxy) is 5. The Balaban J connectivity index is 0.000000240. The molecule has 0 spiro atoms. The zero-order valence-electron chi connectivity index (χ0n) is 66.3. The summed E-state index contributed by atoms with van der Waals surface area (Å²) >= 11 is 11.8. The fourth-order valence-corrected chi connectivity index (χ4v) is 22.2. The van der Waals surface area contributed by atoms with Gasteiger partial charge in [-0.15, -0.1) is 0 Å². The molecule has 0 bridgehead atoms. The van der Waals surface area contributed by atoms with Gasteiger partial charge in [0.1, 0.15) is 72.7 Å². The minimum Gasteiger partial charge on any atom is -0.468 e. The summed E-state index contributed by atoms with van der Waals surface area (Å²) in [6.45, 7) is 30.7. The van der Waals surface area contributed by atoms with Gasteiger partial charge in [-0.25, -0.2) is 50.1 Å². The van der Waals surface area contributed by atoms with Crippen LogP contribution in [0.5, 0.6) is 0 Å². The van der Waals surface area contributed by atoms with Crippen molar-refractivity contribution < 1.29 is 86.3 Å². The molecule has 0 unspecified atom stereocenters. The predicted octanol–water partition coefficient (Wildman–Crippen LogP) is 19.0. The molecule has 0 saturated heterocycles. The number of anilines is 2. The Morgan fingerprint density at radius 1 is 0.522 bits per heavy atom. The number of methoxy groups -OCH3 is 1. The first-order valence-corrected chi connectivity index (χ1v) is 49.9. The smallest absolute Gasteiger partial charge is 0.418 e. The molecule has 4 fully saturated rings. The Morgan fingerprint density at radius 2 is 0.826 bits per heavy atom. The molecule has 38 heteroatoms. The molecule has 4 heterocycles. The van der Waals surface area contributed by atoms with E-state index in [1.54, 1.807) is 98.7 Å². The number of hydrogen-bond donors (Lipinski definition) is 6. The lowest BCUT2D eigenvalue weighted by molar-refractivity contribution is -0.141. The Hall–Kier alpha value is -5.14. The van der Waals surface area contributed by atoms with Crippen LogP contribution in [-0.2, 0) is 61.0 Å². The molecule has 4 saturated carbocycles. The van der Waals surface area contributed by atoms with Gasteiger partial charge in [0.15, 0.2) is 20.7 Å². The quantitative estimate of drug-likeness (QED) is 0.00788. The van der Waals surface area contributed by atoms with E-state index in [-0.39, 0.29) is 68.8 Å². The number of hydrogen-bond acceptors (Lipinski definition) is 22. The van der Waals surface area contributed by atoms with E-state index in [9.17, 15) is 40.7 Å². The van der Waals surface area contributed by atoms with Crippen molar-refractivity contribution >= 4 is 156 Å². The molecule has 642 valence electrons. The molecule has 4 aromatic rings. The number of alkyl halides is 3. The summed E-state index contributed by atoms with van der Waals surface area (Å²) in [5, 5.41) is 1.18. The van der Waals surface area contributed by atoms with E-state index >= 15 is 4.39 Å². The van der Waals surface area contributed by atoms with Crippen LogP contribution in [0.4, 0.5) is 51.7 Å². The molecule has 8 aliphatic rings. The van der Waals surface area contributed by atoms with Crippen LogP contribution in [0.25, 0.3) is 0 Å². The molecule has 10 N–H and O–H groups in total. The highest BCUT2D eigenvalue weighted by Gasteiger charge is 2.73. The highest BCUT2D eigenvalue weighted by molar-refractivity contribution is 9.10. The van der Waals surface area contributed by atoms with Crippen LogP contribution < -0.4 is 22.9 Å². The molecule has 0 radical (unpaired) electrons. The molecule has 4 aliphatic carbocycles. The number of fused-ring (bicyclic) bond motifs is 4. The first-order chi connectivity index (χ1) is 51.9. The molecule has 12 atom stereocenters. The maximum absolute atomic E-state index is 15.1. The summed E-state index contributed by atoms with van der Waals surface area (Å²) in [4.78, 5) is 60.7. The minimum absolute atomic E-state index is 0. The van der Waals surface area contributed by atoms with Crippen molar-refractivity contribution in [3.8, 4) is 0 Å². The van der Waals surface area contributed by atoms with Gasteiger partial charge in [-0.1, -0.05) is 133 Å². The highest BCUT2D eigenvalue weighted by atomic mass is 79.9. The average Bonchev–Trinajstić information content (AvgIpc) is 1.55. The first-order valence-electron chi connectivity index (χ1n) is 36.3. The highest BCUT2D eigenvalue weighted by Crippen LogP contribution is 2.70. The van der Waals surface area contributed by atoms with Crippen molar-refractivity contribution in [1.29, 1.82) is 0 Å². The Labute approximate surface area is 707 Å². The predicted molar refractivity (Wildman–Crippen MR) is 463 cm³/mol. The largest absolute Gasteiger partial charge is 0.468 e. The van der Waals surface area contributed by atoms with Crippen LogP contribution in [-0.4, -0.2) is 166 Å². The van der Waals surface area contributed by atoms with E-state index in [1.165, 1.54) is 100 Å². The number of aliphatic imine (C=N–C) groups is 4. The van der Waals surface area contributed by atoms with Crippen LogP contribution in [0.3, 0.4) is 0 Å². The Kier molecular flexibility index (Phi) is 31.5. The van der Waals surface area contributed by atoms with Gasteiger partial charge in [-0.2, -0.15) is 8.42 Å². The van der Waals surface area contributed by atoms with Crippen molar-refractivity contribution in [2.45, 2.75) is 213 Å². The fourth-order valence-electron chi connectivity index (χ4n) is 14.3. The number of nitrogens with two attached hydrogens (primary N) is 4. The van der Waals surface area contributed by atoms with Gasteiger partial charge in [0.05, 0.1) is 43.5 Å². The number of carbonyl (C=O) groups is 3. The van der Waals surface area contributed by atoms with Gasteiger partial charge in [0.25, 0.3) is 0 Å². The second-order valence-corrected chi connectivity index (χ2v) is 53.9. The van der Waals surface area contributed by atoms with Crippen molar-refractivity contribution in [3.05, 3.63) is 127 Å². The Bertz CT molecular complexity index is 4390. The lowest BCUT2D eigenvalue weighted by Crippen LogP contribution is -2.47. The summed E-state index contributed by atoms with van der Waals surface area (Å²) in [7, 11) is -6.01. The van der Waals surface area contributed by atoms with Crippen LogP contribution in [0.15, 0.2) is 102 Å². The lowest BCUT2D eigenvalue weighted by Gasteiger charge is -2.37. The Morgan fingerprint density at radius 3 is 1.15 bits per heavy atom. The monoisotopic (exact) mass is 1870 g/mol. The molecule has 4 aromatic carbocycles. The van der Waals surface area contributed by atoms with Gasteiger partial charge in [-0.05, 0) is 180 Å². The zero-order chi connectivity index (χ0) is 84.8. The molecule has 115 heavy (non-hydrogen) atoms. The van der Waals surface area contributed by atoms with Crippen molar-refractivity contribution in [3.63, 3.8) is 0 Å². The number of carbonyl (C=O) groups excluding carboxylic acids is 3. The van der Waals surface area contributed by atoms with Gasteiger partial charge < -0.3 is 46.6 Å². The molecular weight excluding hydrogens is 1770 g/mol. The second-order valence-electron chi connectivity index (χ2n) is 34.4. The number of thioether (sulfide) groups is 4. The maximum Gasteiger partial charge on any atom is 0.418 e. The number of esters is 1. The van der Waals surface area contributed by atoms with Crippen molar-refractivity contribution in [2.75, 3.05) is 65.3 Å². The lowest BCUT2D eigenvalue weighted by atomic mass is 9.85. The second kappa shape index (κ2) is 36.7. The number of benzene rings is 4. The number of nitrogens with zero attached hydrogens (tertiary/aromatic N) is 6. The third kappa shape index (κ3) is 23.5. The third-order valence-corrected chi connectivity index (χ3v) is 30.4. The molecule has 4 aliphatic heterocycles. The summed E-state index contributed by atoms with van der Waals surface area (Å²) in [6.07, 6.45) is 1.04. The summed E-state index contributed by atoms with van der Waals surface area (Å²) in [6, 6.07) is 20.0. The van der Waals surface area contributed by atoms with Crippen LogP contribution in [0, 0.1) is 46.9 Å². The van der Waals surface area contributed by atoms with E-state index in [0.29, 0.717) is 97.0 Å². The van der Waals surface area contributed by atoms with E-state index in [0.717, 1.165) is 12.1 Å². The third-order valence-electron chi connectivity index (χ3n) is 20.6. The summed E-state index contributed by atoms with van der Waals surface area (Å²) in [5.41, 5.74) is 20.2. The van der Waals surface area contributed by atoms with Crippen LogP contribution >= 0.6 is 78.9 Å². The van der Waals surface area contributed by atoms with Crippen LogP contribution in [0.2, 0.25) is 51.4 Å². The van der Waals surface area contributed by atoms with Gasteiger partial charge in [0.2, 0.25) is 0 Å². The van der Waals surface area contributed by atoms with Gasteiger partial charge >= 0.3 is 28.6 Å². The molecule has 12 rings (SSSR count). The van der Waals surface area contributed by atoms with E-state index in [2.05, 4.69) is 81.1 Å². The number of amidine groups is 4. The SMILES string of the molecule is C.C.CC(C)(C)OC(=O)N(COCC[Si](C)(C)C)C1=N[C@](C)(c2cc(Br)ccc2F)[C@@H]2C[C@]2(CF)S1.COC(=O)[C@]12C[C@H]1[C@@](C)(c1cc(Br)ccc1F)N=C(N(COCC[Si](C)(C)C)C(=O)OC(C)(C)C)S2.C[C@]1(c2cc(N)ccc2F)N=C(N)S[C@@]2(CF)C[C@H]21.C[C@]1(c2cc(N)ccc2F)N=C(N)S[C@@]2(CF)C[C@H]21.O=S(=O)(O)O. The zero-order valence-corrected chi connectivity index (χ0v) is 75.6. The number of nitrogen functional groups attached to an aromatic ring is 2. The molecule has 22 nitrogen and oxygen atoms in total. The van der Waals surface area contributed by atoms with Crippen molar-refractivity contribution in [1.82, 2.24) is 9.80 Å². The fraction of sp³-hybridized carbons (Fsp3) is 0.597.